The molecule has 0 bridgehead atoms. The average molecular weight is 216 g/mol. The Labute approximate surface area is 93.3 Å². The van der Waals surface area contributed by atoms with Crippen LogP contribution >= 0.6 is 0 Å². The predicted molar refractivity (Wildman–Crippen MR) is 63.8 cm³/mol. The maximum atomic E-state index is 11.5. The molecule has 2 N–H and O–H groups in total. The molecule has 0 radical (unpaired) electrons. The van der Waals surface area contributed by atoms with Gasteiger partial charge in [-0.3, -0.25) is 5.32 Å². The van der Waals surface area contributed by atoms with E-state index in [-0.39, 0.29) is 6.03 Å². The Kier molecular flexibility index (Phi) is 2.95. The number of nitrogens with zero attached hydrogens (tertiary/aromatic N) is 2. The van der Waals surface area contributed by atoms with Crippen molar-refractivity contribution in [2.75, 3.05) is 5.32 Å². The maximum absolute atomic E-state index is 11.5. The number of hydrogen-bond donors (Lipinski definition) is 2. The Balaban J connectivity index is 1.86. The molecule has 0 aliphatic carbocycles. The zero-order valence-corrected chi connectivity index (χ0v) is 8.90. The van der Waals surface area contributed by atoms with Crippen LogP contribution in [0.5, 0.6) is 0 Å². The summed E-state index contributed by atoms with van der Waals surface area (Å²) in [6, 6.07) is 8.94. The predicted octanol–water partition coefficient (Wildman–Crippen LogP) is 1.99. The number of amidine groups is 1. The second-order valence-electron chi connectivity index (χ2n) is 3.50. The van der Waals surface area contributed by atoms with Crippen LogP contribution in [0.2, 0.25) is 0 Å². The molecule has 0 spiro atoms. The van der Waals surface area contributed by atoms with Crippen LogP contribution < -0.4 is 10.6 Å². The number of benzene rings is 1. The fraction of sp³-hybridized carbons (Fsp3) is 0.182. The summed E-state index contributed by atoms with van der Waals surface area (Å²) in [5.74, 6) is 0.575. The summed E-state index contributed by atoms with van der Waals surface area (Å²) in [4.78, 5) is 11.5. The Hall–Kier alpha value is -2.17. The van der Waals surface area contributed by atoms with Gasteiger partial charge in [0.2, 0.25) is 0 Å². The van der Waals surface area contributed by atoms with Crippen LogP contribution in [-0.4, -0.2) is 17.6 Å². The van der Waals surface area contributed by atoms with Crippen molar-refractivity contribution in [2.45, 2.75) is 13.3 Å². The number of para-hydroxylation sites is 1. The molecule has 1 aromatic carbocycles. The first-order valence-corrected chi connectivity index (χ1v) is 4.97. The lowest BCUT2D eigenvalue weighted by atomic mass is 10.3. The standard InChI is InChI=1S/C11H12N4O/c1-8-7-10(15-14-8)13-11(16)12-9-5-3-2-4-6-9/h2-6H,7H2,1H3,(H2,12,13,15,16). The van der Waals surface area contributed by atoms with Crippen molar-refractivity contribution < 1.29 is 4.79 Å². The fourth-order valence-corrected chi connectivity index (χ4v) is 1.34. The molecular weight excluding hydrogens is 204 g/mol. The maximum Gasteiger partial charge on any atom is 0.324 e. The van der Waals surface area contributed by atoms with Gasteiger partial charge in [-0.1, -0.05) is 18.2 Å². The van der Waals surface area contributed by atoms with Gasteiger partial charge in [-0.15, -0.1) is 5.10 Å². The van der Waals surface area contributed by atoms with Crippen molar-refractivity contribution in [3.8, 4) is 0 Å². The van der Waals surface area contributed by atoms with E-state index in [4.69, 9.17) is 0 Å². The smallest absolute Gasteiger partial charge is 0.308 e. The quantitative estimate of drug-likeness (QED) is 0.740. The number of rotatable bonds is 1. The largest absolute Gasteiger partial charge is 0.324 e. The number of urea groups is 1. The Bertz CT molecular complexity index is 450. The summed E-state index contributed by atoms with van der Waals surface area (Å²) < 4.78 is 0. The van der Waals surface area contributed by atoms with Crippen LogP contribution in [-0.2, 0) is 0 Å². The molecule has 0 atom stereocenters. The van der Waals surface area contributed by atoms with E-state index in [9.17, 15) is 4.79 Å². The number of amides is 2. The molecule has 82 valence electrons. The second-order valence-corrected chi connectivity index (χ2v) is 3.50. The molecule has 1 aromatic rings. The minimum Gasteiger partial charge on any atom is -0.308 e. The highest BCUT2D eigenvalue weighted by molar-refractivity contribution is 6.12. The molecule has 0 unspecified atom stereocenters. The zero-order valence-electron chi connectivity index (χ0n) is 8.90. The number of nitrogens with one attached hydrogen (secondary N) is 2. The molecule has 5 heteroatoms. The summed E-state index contributed by atoms with van der Waals surface area (Å²) in [5, 5.41) is 13.0. The van der Waals surface area contributed by atoms with Crippen LogP contribution in [0.3, 0.4) is 0 Å². The summed E-state index contributed by atoms with van der Waals surface area (Å²) >= 11 is 0. The molecule has 1 aliphatic heterocycles. The number of anilines is 1. The SMILES string of the molecule is CC1=NN=C(NC(=O)Nc2ccccc2)C1. The van der Waals surface area contributed by atoms with Crippen molar-refractivity contribution in [2.24, 2.45) is 10.2 Å². The van der Waals surface area contributed by atoms with Gasteiger partial charge in [0, 0.05) is 17.8 Å². The van der Waals surface area contributed by atoms with E-state index >= 15 is 0 Å². The average Bonchev–Trinajstić information content (AvgIpc) is 2.65. The summed E-state index contributed by atoms with van der Waals surface area (Å²) in [7, 11) is 0. The van der Waals surface area contributed by atoms with Gasteiger partial charge < -0.3 is 5.32 Å². The van der Waals surface area contributed by atoms with E-state index in [0.29, 0.717) is 12.3 Å². The lowest BCUT2D eigenvalue weighted by Gasteiger charge is -2.06. The number of carbonyl (C=O) groups is 1. The Morgan fingerprint density at radius 2 is 1.94 bits per heavy atom. The highest BCUT2D eigenvalue weighted by Gasteiger charge is 2.11. The summed E-state index contributed by atoms with van der Waals surface area (Å²) in [6.45, 7) is 1.87. The zero-order chi connectivity index (χ0) is 11.4. The Morgan fingerprint density at radius 1 is 1.19 bits per heavy atom. The first-order chi connectivity index (χ1) is 7.74. The lowest BCUT2D eigenvalue weighted by Crippen LogP contribution is -2.34. The highest BCUT2D eigenvalue weighted by atomic mass is 16.2. The molecule has 0 saturated heterocycles. The highest BCUT2D eigenvalue weighted by Crippen LogP contribution is 2.05. The normalized spacial score (nSPS) is 14.1. The van der Waals surface area contributed by atoms with Gasteiger partial charge in [0.05, 0.1) is 0 Å². The first kappa shape index (κ1) is 10.4. The molecule has 0 aromatic heterocycles. The van der Waals surface area contributed by atoms with Crippen molar-refractivity contribution in [1.82, 2.24) is 5.32 Å². The van der Waals surface area contributed by atoms with Gasteiger partial charge in [-0.05, 0) is 19.1 Å². The number of hydrogen-bond acceptors (Lipinski definition) is 3. The van der Waals surface area contributed by atoms with Gasteiger partial charge >= 0.3 is 6.03 Å². The van der Waals surface area contributed by atoms with E-state index in [1.807, 2.05) is 37.3 Å². The van der Waals surface area contributed by atoms with Crippen molar-refractivity contribution in [3.63, 3.8) is 0 Å². The van der Waals surface area contributed by atoms with Gasteiger partial charge in [0.25, 0.3) is 0 Å². The molecule has 0 fully saturated rings. The minimum atomic E-state index is -0.296. The van der Waals surface area contributed by atoms with Gasteiger partial charge in [0.1, 0.15) is 5.84 Å². The molecule has 16 heavy (non-hydrogen) atoms. The third kappa shape index (κ3) is 2.66. The van der Waals surface area contributed by atoms with Crippen LogP contribution in [0.15, 0.2) is 40.5 Å². The molecule has 1 heterocycles. The van der Waals surface area contributed by atoms with Crippen molar-refractivity contribution in [3.05, 3.63) is 30.3 Å². The summed E-state index contributed by atoms with van der Waals surface area (Å²) in [5.41, 5.74) is 1.64. The molecule has 5 nitrogen and oxygen atoms in total. The van der Waals surface area contributed by atoms with E-state index in [1.54, 1.807) is 0 Å². The topological polar surface area (TPSA) is 65.8 Å². The Morgan fingerprint density at radius 3 is 2.56 bits per heavy atom. The monoisotopic (exact) mass is 216 g/mol. The van der Waals surface area contributed by atoms with Crippen LogP contribution in [0.4, 0.5) is 10.5 Å². The van der Waals surface area contributed by atoms with Gasteiger partial charge in [0.15, 0.2) is 0 Å². The van der Waals surface area contributed by atoms with Crippen LogP contribution in [0.1, 0.15) is 13.3 Å². The molecule has 2 amide bonds. The van der Waals surface area contributed by atoms with E-state index in [0.717, 1.165) is 11.4 Å². The lowest BCUT2D eigenvalue weighted by molar-refractivity contribution is 0.256. The van der Waals surface area contributed by atoms with Gasteiger partial charge in [-0.2, -0.15) is 5.10 Å². The van der Waals surface area contributed by atoms with E-state index in [2.05, 4.69) is 20.8 Å². The molecule has 0 saturated carbocycles. The minimum absolute atomic E-state index is 0.296. The van der Waals surface area contributed by atoms with E-state index in [1.165, 1.54) is 0 Å². The van der Waals surface area contributed by atoms with Crippen LogP contribution in [0.25, 0.3) is 0 Å². The van der Waals surface area contributed by atoms with Crippen molar-refractivity contribution >= 4 is 23.3 Å². The van der Waals surface area contributed by atoms with E-state index < -0.39 is 0 Å². The van der Waals surface area contributed by atoms with Crippen molar-refractivity contribution in [1.29, 1.82) is 0 Å². The fourth-order valence-electron chi connectivity index (χ4n) is 1.34. The van der Waals surface area contributed by atoms with Gasteiger partial charge in [-0.25, -0.2) is 4.79 Å². The second kappa shape index (κ2) is 4.57. The molecule has 1 aliphatic rings. The third-order valence-corrected chi connectivity index (χ3v) is 2.05. The number of carbonyl (C=O) groups excluding carboxylic acids is 1. The summed E-state index contributed by atoms with van der Waals surface area (Å²) in [6.07, 6.45) is 0.599. The molecule has 2 rings (SSSR count). The molecular formula is C11H12N4O. The first-order valence-electron chi connectivity index (χ1n) is 4.97. The van der Waals surface area contributed by atoms with Crippen LogP contribution in [0, 0.1) is 0 Å². The third-order valence-electron chi connectivity index (χ3n) is 2.05.